The highest BCUT2D eigenvalue weighted by molar-refractivity contribution is 7.12. The van der Waals surface area contributed by atoms with Crippen LogP contribution in [-0.4, -0.2) is 37.1 Å². The molecule has 0 spiro atoms. The smallest absolute Gasteiger partial charge is 0.413 e. The van der Waals surface area contributed by atoms with Crippen molar-refractivity contribution in [2.45, 2.75) is 13.0 Å². The zero-order valence-corrected chi connectivity index (χ0v) is 14.8. The molecule has 1 aromatic heterocycles. The molecular formula is C17H16N2O6S. The fourth-order valence-electron chi connectivity index (χ4n) is 1.86. The van der Waals surface area contributed by atoms with E-state index >= 15 is 0 Å². The molecule has 0 unspecified atom stereocenters. The highest BCUT2D eigenvalue weighted by Gasteiger charge is 2.21. The third-order valence-corrected chi connectivity index (χ3v) is 4.03. The Bertz CT molecular complexity index is 818. The number of carbonyl (C=O) groups is 4. The van der Waals surface area contributed by atoms with Crippen LogP contribution in [0, 0.1) is 0 Å². The number of thiophene rings is 1. The predicted octanol–water partition coefficient (Wildman–Crippen LogP) is 2.43. The van der Waals surface area contributed by atoms with Gasteiger partial charge in [-0.25, -0.2) is 9.59 Å². The summed E-state index contributed by atoms with van der Waals surface area (Å²) >= 11 is 1.29. The Morgan fingerprint density at radius 2 is 1.88 bits per heavy atom. The molecule has 136 valence electrons. The van der Waals surface area contributed by atoms with Gasteiger partial charge in [0.05, 0.1) is 17.6 Å². The number of anilines is 1. The molecule has 0 saturated carbocycles. The summed E-state index contributed by atoms with van der Waals surface area (Å²) in [5.41, 5.74) is 0.552. The van der Waals surface area contributed by atoms with Gasteiger partial charge in [0.15, 0.2) is 6.10 Å². The zero-order valence-electron chi connectivity index (χ0n) is 14.0. The maximum atomic E-state index is 12.2. The Balaban J connectivity index is 2.00. The lowest BCUT2D eigenvalue weighted by molar-refractivity contribution is -0.128. The summed E-state index contributed by atoms with van der Waals surface area (Å²) in [4.78, 5) is 47.4. The van der Waals surface area contributed by atoms with Crippen LogP contribution in [0.5, 0.6) is 0 Å². The molecule has 1 aromatic carbocycles. The Hall–Kier alpha value is -3.20. The Labute approximate surface area is 153 Å². The van der Waals surface area contributed by atoms with Crippen LogP contribution in [0.4, 0.5) is 10.5 Å². The third-order valence-electron chi connectivity index (χ3n) is 3.16. The van der Waals surface area contributed by atoms with E-state index in [1.807, 2.05) is 5.32 Å². The molecule has 0 aliphatic carbocycles. The number of benzene rings is 1. The van der Waals surface area contributed by atoms with Crippen LogP contribution in [0.2, 0.25) is 0 Å². The number of amides is 3. The van der Waals surface area contributed by atoms with Crippen molar-refractivity contribution in [2.24, 2.45) is 0 Å². The first-order chi connectivity index (χ1) is 12.4. The molecule has 0 saturated heterocycles. The van der Waals surface area contributed by atoms with E-state index in [4.69, 9.17) is 4.74 Å². The van der Waals surface area contributed by atoms with Crippen LogP contribution in [-0.2, 0) is 14.3 Å². The molecular weight excluding hydrogens is 360 g/mol. The van der Waals surface area contributed by atoms with Crippen LogP contribution in [0.25, 0.3) is 0 Å². The largest absolute Gasteiger partial charge is 0.453 e. The van der Waals surface area contributed by atoms with Gasteiger partial charge in [-0.1, -0.05) is 12.1 Å². The molecule has 0 fully saturated rings. The first-order valence-corrected chi connectivity index (χ1v) is 8.33. The lowest BCUT2D eigenvalue weighted by atomic mass is 10.2. The van der Waals surface area contributed by atoms with Gasteiger partial charge in [-0.15, -0.1) is 11.3 Å². The molecule has 2 N–H and O–H groups in total. The summed E-state index contributed by atoms with van der Waals surface area (Å²) in [7, 11) is 1.11. The molecule has 0 aliphatic rings. The number of rotatable bonds is 5. The first-order valence-electron chi connectivity index (χ1n) is 7.45. The van der Waals surface area contributed by atoms with E-state index in [9.17, 15) is 19.2 Å². The van der Waals surface area contributed by atoms with Gasteiger partial charge in [0.2, 0.25) is 0 Å². The summed E-state index contributed by atoms with van der Waals surface area (Å²) in [6, 6.07) is 9.54. The van der Waals surface area contributed by atoms with Crippen LogP contribution in [0.1, 0.15) is 27.0 Å². The van der Waals surface area contributed by atoms with Crippen molar-refractivity contribution in [2.75, 3.05) is 12.4 Å². The second-order valence-electron chi connectivity index (χ2n) is 5.04. The number of methoxy groups -OCH3 is 1. The SMILES string of the molecule is COC(=O)NC(=O)[C@@H](C)OC(=O)c1cccc(NC(=O)c2cccs2)c1. The van der Waals surface area contributed by atoms with E-state index in [1.165, 1.54) is 30.4 Å². The molecule has 2 rings (SSSR count). The van der Waals surface area contributed by atoms with E-state index < -0.39 is 24.1 Å². The van der Waals surface area contributed by atoms with Gasteiger partial charge in [0.1, 0.15) is 0 Å². The quantitative estimate of drug-likeness (QED) is 0.776. The van der Waals surface area contributed by atoms with Crippen LogP contribution < -0.4 is 10.6 Å². The van der Waals surface area contributed by atoms with E-state index in [1.54, 1.807) is 29.6 Å². The average Bonchev–Trinajstić information content (AvgIpc) is 3.16. The number of hydrogen-bond donors (Lipinski definition) is 2. The van der Waals surface area contributed by atoms with Crippen molar-refractivity contribution < 1.29 is 28.7 Å². The zero-order chi connectivity index (χ0) is 19.1. The molecule has 0 aliphatic heterocycles. The summed E-state index contributed by atoms with van der Waals surface area (Å²) in [5, 5.41) is 6.36. The molecule has 9 heteroatoms. The Morgan fingerprint density at radius 3 is 2.54 bits per heavy atom. The van der Waals surface area contributed by atoms with Gasteiger partial charge in [-0.2, -0.15) is 0 Å². The number of esters is 1. The molecule has 1 atom stereocenters. The average molecular weight is 376 g/mol. The van der Waals surface area contributed by atoms with Gasteiger partial charge in [0, 0.05) is 5.69 Å². The number of hydrogen-bond acceptors (Lipinski definition) is 7. The molecule has 0 radical (unpaired) electrons. The van der Waals surface area contributed by atoms with Crippen molar-refractivity contribution in [1.82, 2.24) is 5.32 Å². The summed E-state index contributed by atoms with van der Waals surface area (Å²) < 4.78 is 9.30. The highest BCUT2D eigenvalue weighted by atomic mass is 32.1. The van der Waals surface area contributed by atoms with E-state index in [0.29, 0.717) is 10.6 Å². The van der Waals surface area contributed by atoms with Crippen LogP contribution >= 0.6 is 11.3 Å². The van der Waals surface area contributed by atoms with Gasteiger partial charge in [-0.05, 0) is 36.6 Å². The van der Waals surface area contributed by atoms with Crippen LogP contribution in [0.3, 0.4) is 0 Å². The maximum absolute atomic E-state index is 12.2. The van der Waals surface area contributed by atoms with Gasteiger partial charge < -0.3 is 14.8 Å². The van der Waals surface area contributed by atoms with Crippen molar-refractivity contribution in [3.05, 3.63) is 52.2 Å². The number of nitrogens with one attached hydrogen (secondary N) is 2. The lowest BCUT2D eigenvalue weighted by Crippen LogP contribution is -2.39. The number of carbonyl (C=O) groups excluding carboxylic acids is 4. The molecule has 26 heavy (non-hydrogen) atoms. The van der Waals surface area contributed by atoms with Gasteiger partial charge >= 0.3 is 12.1 Å². The minimum atomic E-state index is -1.20. The normalized spacial score (nSPS) is 11.2. The van der Waals surface area contributed by atoms with Gasteiger partial charge in [0.25, 0.3) is 11.8 Å². The van der Waals surface area contributed by atoms with Crippen molar-refractivity contribution >= 4 is 40.9 Å². The summed E-state index contributed by atoms with van der Waals surface area (Å²) in [6.07, 6.45) is -2.15. The molecule has 3 amide bonds. The molecule has 8 nitrogen and oxygen atoms in total. The van der Waals surface area contributed by atoms with Crippen LogP contribution in [0.15, 0.2) is 41.8 Å². The number of ether oxygens (including phenoxy) is 2. The summed E-state index contributed by atoms with van der Waals surface area (Å²) in [5.74, 6) is -1.88. The topological polar surface area (TPSA) is 111 Å². The molecule has 1 heterocycles. The predicted molar refractivity (Wildman–Crippen MR) is 94.1 cm³/mol. The van der Waals surface area contributed by atoms with E-state index in [0.717, 1.165) is 7.11 Å². The van der Waals surface area contributed by atoms with E-state index in [2.05, 4.69) is 10.1 Å². The number of alkyl carbamates (subject to hydrolysis) is 1. The second-order valence-corrected chi connectivity index (χ2v) is 5.99. The monoisotopic (exact) mass is 376 g/mol. The fourth-order valence-corrected chi connectivity index (χ4v) is 2.48. The van der Waals surface area contributed by atoms with E-state index in [-0.39, 0.29) is 11.5 Å². The third kappa shape index (κ3) is 5.15. The molecule has 2 aromatic rings. The van der Waals surface area contributed by atoms with Crippen molar-refractivity contribution in [1.29, 1.82) is 0 Å². The fraction of sp³-hybridized carbons (Fsp3) is 0.176. The Kier molecular flexibility index (Phi) is 6.45. The van der Waals surface area contributed by atoms with Crippen molar-refractivity contribution in [3.63, 3.8) is 0 Å². The first kappa shape index (κ1) is 19.1. The lowest BCUT2D eigenvalue weighted by Gasteiger charge is -2.13. The van der Waals surface area contributed by atoms with Gasteiger partial charge in [-0.3, -0.25) is 14.9 Å². The minimum absolute atomic E-state index is 0.145. The van der Waals surface area contributed by atoms with Crippen molar-refractivity contribution in [3.8, 4) is 0 Å². The molecule has 0 bridgehead atoms. The number of imide groups is 1. The maximum Gasteiger partial charge on any atom is 0.413 e. The standard InChI is InChI=1S/C17H16N2O6S/c1-10(14(20)19-17(23)24-2)25-16(22)11-5-3-6-12(9-11)18-15(21)13-7-4-8-26-13/h3-10H,1-2H3,(H,18,21)(H,19,20,23)/t10-/m1/s1. The highest BCUT2D eigenvalue weighted by Crippen LogP contribution is 2.16. The minimum Gasteiger partial charge on any atom is -0.453 e. The summed E-state index contributed by atoms with van der Waals surface area (Å²) in [6.45, 7) is 1.32. The second kappa shape index (κ2) is 8.77. The Morgan fingerprint density at radius 1 is 1.12 bits per heavy atom.